The van der Waals surface area contributed by atoms with Gasteiger partial charge in [0.1, 0.15) is 0 Å². The largest absolute Gasteiger partial charge is 0.478 e. The number of hydrogen-bond acceptors (Lipinski definition) is 3. The average Bonchev–Trinajstić information content (AvgIpc) is 2.91. The van der Waals surface area contributed by atoms with Crippen LogP contribution >= 0.6 is 0 Å². The molecule has 1 heterocycles. The van der Waals surface area contributed by atoms with Crippen LogP contribution in [0.25, 0.3) is 0 Å². The van der Waals surface area contributed by atoms with Crippen molar-refractivity contribution in [2.45, 2.75) is 39.8 Å². The summed E-state index contributed by atoms with van der Waals surface area (Å²) in [4.78, 5) is 16.0. The zero-order valence-corrected chi connectivity index (χ0v) is 13.3. The molecule has 1 N–H and O–H groups in total. The highest BCUT2D eigenvalue weighted by Gasteiger charge is 2.26. The Bertz CT molecular complexity index is 498. The molecule has 1 saturated heterocycles. The second-order valence-electron chi connectivity index (χ2n) is 5.85. The highest BCUT2D eigenvalue weighted by molar-refractivity contribution is 5.87. The number of nitrogens with zero attached hydrogens (tertiary/aromatic N) is 2. The molecule has 4 nitrogen and oxygen atoms in total. The van der Waals surface area contributed by atoms with Gasteiger partial charge in [-0.1, -0.05) is 19.9 Å². The highest BCUT2D eigenvalue weighted by Crippen LogP contribution is 2.20. The van der Waals surface area contributed by atoms with Gasteiger partial charge in [-0.3, -0.25) is 9.80 Å². The van der Waals surface area contributed by atoms with E-state index < -0.39 is 5.97 Å². The third-order valence-corrected chi connectivity index (χ3v) is 4.56. The molecular weight excluding hydrogens is 264 g/mol. The van der Waals surface area contributed by atoms with Crippen molar-refractivity contribution in [1.82, 2.24) is 9.80 Å². The van der Waals surface area contributed by atoms with Gasteiger partial charge in [0.2, 0.25) is 0 Å². The number of aromatic carboxylic acids is 1. The molecule has 21 heavy (non-hydrogen) atoms. The number of benzene rings is 1. The van der Waals surface area contributed by atoms with E-state index in [4.69, 9.17) is 5.11 Å². The van der Waals surface area contributed by atoms with E-state index in [2.05, 4.69) is 23.6 Å². The molecule has 1 aliphatic heterocycles. The predicted molar refractivity (Wildman–Crippen MR) is 84.7 cm³/mol. The molecule has 1 unspecified atom stereocenters. The lowest BCUT2D eigenvalue weighted by atomic mass is 10.0. The van der Waals surface area contributed by atoms with Crippen molar-refractivity contribution >= 4 is 5.97 Å². The molecule has 1 aliphatic rings. The molecule has 0 spiro atoms. The first-order chi connectivity index (χ1) is 10.0. The third-order valence-electron chi connectivity index (χ3n) is 4.56. The van der Waals surface area contributed by atoms with Crippen LogP contribution in [0.4, 0.5) is 0 Å². The van der Waals surface area contributed by atoms with Gasteiger partial charge in [-0.2, -0.15) is 0 Å². The molecule has 1 aromatic carbocycles. The fraction of sp³-hybridized carbons (Fsp3) is 0.588. The van der Waals surface area contributed by atoms with E-state index >= 15 is 0 Å². The van der Waals surface area contributed by atoms with Crippen molar-refractivity contribution in [2.75, 3.05) is 26.2 Å². The molecule has 116 valence electrons. The fourth-order valence-corrected chi connectivity index (χ4v) is 3.24. The summed E-state index contributed by atoms with van der Waals surface area (Å²) in [5, 5.41) is 9.02. The molecule has 0 radical (unpaired) electrons. The number of hydrogen-bond donors (Lipinski definition) is 1. The number of aryl methyl sites for hydroxylation is 1. The van der Waals surface area contributed by atoms with Gasteiger partial charge in [0.05, 0.1) is 5.56 Å². The molecule has 2 rings (SSSR count). The number of carboxylic acids is 1. The number of rotatable bonds is 6. The summed E-state index contributed by atoms with van der Waals surface area (Å²) in [6.07, 6.45) is 1.23. The first-order valence-corrected chi connectivity index (χ1v) is 7.84. The van der Waals surface area contributed by atoms with Crippen LogP contribution in [0.2, 0.25) is 0 Å². The van der Waals surface area contributed by atoms with Gasteiger partial charge in [0.15, 0.2) is 0 Å². The molecule has 0 aliphatic carbocycles. The standard InChI is InChI=1S/C17H26N2O2/c1-4-19(5-2)16-8-9-18(12-16)11-15-7-6-14(17(20)21)10-13(15)3/h6-7,10,16H,4-5,8-9,11-12H2,1-3H3,(H,20,21). The monoisotopic (exact) mass is 290 g/mol. The Morgan fingerprint density at radius 2 is 2.10 bits per heavy atom. The summed E-state index contributed by atoms with van der Waals surface area (Å²) in [6.45, 7) is 11.8. The van der Waals surface area contributed by atoms with E-state index in [1.807, 2.05) is 13.0 Å². The Kier molecular flexibility index (Phi) is 5.37. The molecule has 0 saturated carbocycles. The van der Waals surface area contributed by atoms with Crippen molar-refractivity contribution in [3.63, 3.8) is 0 Å². The van der Waals surface area contributed by atoms with Gasteiger partial charge in [0, 0.05) is 25.7 Å². The van der Waals surface area contributed by atoms with Crippen molar-refractivity contribution in [1.29, 1.82) is 0 Å². The molecule has 0 amide bonds. The summed E-state index contributed by atoms with van der Waals surface area (Å²) >= 11 is 0. The lowest BCUT2D eigenvalue weighted by molar-refractivity contribution is 0.0696. The number of likely N-dealkylation sites (N-methyl/N-ethyl adjacent to an activating group) is 1. The molecule has 0 bridgehead atoms. The Hall–Kier alpha value is -1.39. The average molecular weight is 290 g/mol. The second-order valence-corrected chi connectivity index (χ2v) is 5.85. The highest BCUT2D eigenvalue weighted by atomic mass is 16.4. The lowest BCUT2D eigenvalue weighted by Gasteiger charge is -2.26. The van der Waals surface area contributed by atoms with Crippen molar-refractivity contribution in [2.24, 2.45) is 0 Å². The lowest BCUT2D eigenvalue weighted by Crippen LogP contribution is -2.37. The molecule has 1 atom stereocenters. The Morgan fingerprint density at radius 1 is 1.38 bits per heavy atom. The smallest absolute Gasteiger partial charge is 0.335 e. The van der Waals surface area contributed by atoms with E-state index in [0.717, 1.165) is 38.3 Å². The van der Waals surface area contributed by atoms with Crippen molar-refractivity contribution in [3.05, 3.63) is 34.9 Å². The second kappa shape index (κ2) is 7.05. The maximum Gasteiger partial charge on any atom is 0.335 e. The Balaban J connectivity index is 1.98. The first kappa shape index (κ1) is 16.0. The zero-order valence-electron chi connectivity index (χ0n) is 13.3. The van der Waals surface area contributed by atoms with E-state index in [9.17, 15) is 4.79 Å². The predicted octanol–water partition coefficient (Wildman–Crippen LogP) is 2.61. The zero-order chi connectivity index (χ0) is 15.4. The van der Waals surface area contributed by atoms with Gasteiger partial charge in [0.25, 0.3) is 0 Å². The van der Waals surface area contributed by atoms with Gasteiger partial charge >= 0.3 is 5.97 Å². The van der Waals surface area contributed by atoms with Crippen LogP contribution in [0.15, 0.2) is 18.2 Å². The summed E-state index contributed by atoms with van der Waals surface area (Å²) < 4.78 is 0. The van der Waals surface area contributed by atoms with Crippen LogP contribution in [-0.2, 0) is 6.54 Å². The van der Waals surface area contributed by atoms with Gasteiger partial charge in [-0.15, -0.1) is 0 Å². The molecule has 0 aromatic heterocycles. The molecular formula is C17H26N2O2. The SMILES string of the molecule is CCN(CC)C1CCN(Cc2ccc(C(=O)O)cc2C)C1. The number of carboxylic acid groups (broad SMARTS) is 1. The summed E-state index contributed by atoms with van der Waals surface area (Å²) in [6, 6.07) is 6.11. The maximum atomic E-state index is 11.0. The van der Waals surface area contributed by atoms with E-state index in [1.165, 1.54) is 12.0 Å². The first-order valence-electron chi connectivity index (χ1n) is 7.84. The van der Waals surface area contributed by atoms with E-state index in [1.54, 1.807) is 12.1 Å². The van der Waals surface area contributed by atoms with Crippen LogP contribution in [0, 0.1) is 6.92 Å². The molecule has 1 fully saturated rings. The van der Waals surface area contributed by atoms with Crippen molar-refractivity contribution < 1.29 is 9.90 Å². The van der Waals surface area contributed by atoms with Crippen LogP contribution < -0.4 is 0 Å². The van der Waals surface area contributed by atoms with Gasteiger partial charge in [-0.25, -0.2) is 4.79 Å². The van der Waals surface area contributed by atoms with E-state index in [-0.39, 0.29) is 0 Å². The van der Waals surface area contributed by atoms with Crippen molar-refractivity contribution in [3.8, 4) is 0 Å². The van der Waals surface area contributed by atoms with E-state index in [0.29, 0.717) is 11.6 Å². The minimum Gasteiger partial charge on any atom is -0.478 e. The molecule has 1 aromatic rings. The minimum atomic E-state index is -0.854. The van der Waals surface area contributed by atoms with Gasteiger partial charge < -0.3 is 5.11 Å². The summed E-state index contributed by atoms with van der Waals surface area (Å²) in [5.41, 5.74) is 2.68. The van der Waals surface area contributed by atoms with Crippen LogP contribution in [0.5, 0.6) is 0 Å². The fourth-order valence-electron chi connectivity index (χ4n) is 3.24. The molecule has 4 heteroatoms. The summed E-state index contributed by atoms with van der Waals surface area (Å²) in [5.74, 6) is -0.854. The number of likely N-dealkylation sites (tertiary alicyclic amines) is 1. The Morgan fingerprint density at radius 3 is 2.67 bits per heavy atom. The maximum absolute atomic E-state index is 11.0. The summed E-state index contributed by atoms with van der Waals surface area (Å²) in [7, 11) is 0. The van der Waals surface area contributed by atoms with Crippen LogP contribution in [0.1, 0.15) is 41.8 Å². The Labute approximate surface area is 127 Å². The third kappa shape index (κ3) is 3.83. The van der Waals surface area contributed by atoms with Crippen LogP contribution in [-0.4, -0.2) is 53.1 Å². The van der Waals surface area contributed by atoms with Gasteiger partial charge in [-0.05, 0) is 49.7 Å². The minimum absolute atomic E-state index is 0.374. The topological polar surface area (TPSA) is 43.8 Å². The normalized spacial score (nSPS) is 19.3. The van der Waals surface area contributed by atoms with Crippen LogP contribution in [0.3, 0.4) is 0 Å². The number of carbonyl (C=O) groups is 1. The quantitative estimate of drug-likeness (QED) is 0.874.